The highest BCUT2D eigenvalue weighted by Gasteiger charge is 2.14. The molecule has 0 aliphatic heterocycles. The summed E-state index contributed by atoms with van der Waals surface area (Å²) >= 11 is 0. The predicted molar refractivity (Wildman–Crippen MR) is 125 cm³/mol. The van der Waals surface area contributed by atoms with Gasteiger partial charge in [-0.3, -0.25) is 0 Å². The van der Waals surface area contributed by atoms with Crippen LogP contribution < -0.4 is 5.32 Å². The number of alkyl carbamates (subject to hydrolysis) is 1. The lowest BCUT2D eigenvalue weighted by atomic mass is 10.0. The number of hydrogen-bond acceptors (Lipinski definition) is 4. The fourth-order valence-electron chi connectivity index (χ4n) is 3.41. The van der Waals surface area contributed by atoms with Gasteiger partial charge in [0.05, 0.1) is 6.61 Å². The number of unbranched alkanes of at least 4 members (excludes halogenated alkanes) is 11. The van der Waals surface area contributed by atoms with Crippen LogP contribution in [0.2, 0.25) is 0 Å². The zero-order chi connectivity index (χ0) is 22.3. The minimum absolute atomic E-state index is 0.0240. The Morgan fingerprint density at radius 2 is 1.33 bits per heavy atom. The molecule has 1 amide bonds. The molecule has 5 nitrogen and oxygen atoms in total. The van der Waals surface area contributed by atoms with E-state index in [2.05, 4.69) is 25.7 Å². The average Bonchev–Trinajstić information content (AvgIpc) is 2.74. The quantitative estimate of drug-likeness (QED) is 0.121. The maximum atomic E-state index is 12.2. The molecule has 0 unspecified atom stereocenters. The Labute approximate surface area is 185 Å². The van der Waals surface area contributed by atoms with Crippen molar-refractivity contribution in [3.8, 4) is 0 Å². The fourth-order valence-corrected chi connectivity index (χ4v) is 3.41. The largest absolute Gasteiger partial charge is 0.463 e. The Morgan fingerprint density at radius 3 is 1.87 bits per heavy atom. The molecular formula is C25H47NO4. The van der Waals surface area contributed by atoms with Crippen LogP contribution in [0.4, 0.5) is 4.79 Å². The van der Waals surface area contributed by atoms with E-state index < -0.39 is 5.97 Å². The van der Waals surface area contributed by atoms with Gasteiger partial charge in [-0.2, -0.15) is 0 Å². The van der Waals surface area contributed by atoms with E-state index in [9.17, 15) is 9.59 Å². The molecule has 0 atom stereocenters. The molecule has 0 aromatic carbocycles. The van der Waals surface area contributed by atoms with Crippen molar-refractivity contribution in [3.63, 3.8) is 0 Å². The number of carbonyl (C=O) groups is 2. The van der Waals surface area contributed by atoms with E-state index in [4.69, 9.17) is 9.47 Å². The number of esters is 1. The van der Waals surface area contributed by atoms with Gasteiger partial charge >= 0.3 is 12.1 Å². The summed E-state index contributed by atoms with van der Waals surface area (Å²) in [5.41, 5.74) is 0. The molecule has 0 aromatic rings. The summed E-state index contributed by atoms with van der Waals surface area (Å²) in [5, 5.41) is 2.83. The maximum Gasteiger partial charge on any atom is 0.407 e. The summed E-state index contributed by atoms with van der Waals surface area (Å²) in [6.45, 7) is 8.70. The van der Waals surface area contributed by atoms with Crippen LogP contribution in [0.25, 0.3) is 0 Å². The molecule has 0 bridgehead atoms. The van der Waals surface area contributed by atoms with Crippen molar-refractivity contribution in [2.75, 3.05) is 13.2 Å². The minimum atomic E-state index is -0.408. The van der Waals surface area contributed by atoms with Gasteiger partial charge < -0.3 is 14.8 Å². The third-order valence-electron chi connectivity index (χ3n) is 5.28. The van der Waals surface area contributed by atoms with Crippen molar-refractivity contribution >= 4 is 12.1 Å². The van der Waals surface area contributed by atoms with Gasteiger partial charge in [0.2, 0.25) is 0 Å². The molecule has 30 heavy (non-hydrogen) atoms. The van der Waals surface area contributed by atoms with Gasteiger partial charge in [0, 0.05) is 12.6 Å². The maximum absolute atomic E-state index is 12.2. The molecule has 5 heteroatoms. The molecular weight excluding hydrogens is 378 g/mol. The smallest absolute Gasteiger partial charge is 0.407 e. The van der Waals surface area contributed by atoms with Crippen LogP contribution in [0, 0.1) is 0 Å². The van der Waals surface area contributed by atoms with Crippen molar-refractivity contribution in [2.24, 2.45) is 0 Å². The van der Waals surface area contributed by atoms with Crippen molar-refractivity contribution < 1.29 is 19.1 Å². The van der Waals surface area contributed by atoms with Crippen molar-refractivity contribution in [3.05, 3.63) is 12.7 Å². The summed E-state index contributed by atoms with van der Waals surface area (Å²) in [4.78, 5) is 23.1. The van der Waals surface area contributed by atoms with Crippen LogP contribution in [0.15, 0.2) is 12.7 Å². The molecule has 0 aliphatic rings. The number of hydrogen-bond donors (Lipinski definition) is 1. The van der Waals surface area contributed by atoms with E-state index in [0.717, 1.165) is 38.2 Å². The number of nitrogens with one attached hydrogen (secondary N) is 1. The Hall–Kier alpha value is -1.52. The van der Waals surface area contributed by atoms with Crippen molar-refractivity contribution in [1.29, 1.82) is 0 Å². The molecule has 0 spiro atoms. The summed E-state index contributed by atoms with van der Waals surface area (Å²) in [7, 11) is 0. The van der Waals surface area contributed by atoms with Gasteiger partial charge in [0.25, 0.3) is 0 Å². The topological polar surface area (TPSA) is 64.6 Å². The van der Waals surface area contributed by atoms with Crippen LogP contribution in [0.3, 0.4) is 0 Å². The number of rotatable bonds is 21. The third-order valence-corrected chi connectivity index (χ3v) is 5.28. The molecule has 176 valence electrons. The monoisotopic (exact) mass is 425 g/mol. The van der Waals surface area contributed by atoms with Gasteiger partial charge in [-0.15, -0.1) is 0 Å². The Bertz CT molecular complexity index is 409. The highest BCUT2D eigenvalue weighted by Crippen LogP contribution is 2.17. The lowest BCUT2D eigenvalue weighted by molar-refractivity contribution is -0.137. The molecule has 0 aromatic heterocycles. The third kappa shape index (κ3) is 19.8. The van der Waals surface area contributed by atoms with Crippen molar-refractivity contribution in [1.82, 2.24) is 5.32 Å². The van der Waals surface area contributed by atoms with Crippen LogP contribution in [-0.4, -0.2) is 31.3 Å². The lowest BCUT2D eigenvalue weighted by Crippen LogP contribution is -2.30. The van der Waals surface area contributed by atoms with E-state index in [1.54, 1.807) is 0 Å². The molecule has 0 aliphatic carbocycles. The molecule has 0 radical (unpaired) electrons. The highest BCUT2D eigenvalue weighted by atomic mass is 16.6. The van der Waals surface area contributed by atoms with Crippen LogP contribution >= 0.6 is 0 Å². The first-order chi connectivity index (χ1) is 14.6. The van der Waals surface area contributed by atoms with Gasteiger partial charge in [0.1, 0.15) is 6.10 Å². The standard InChI is InChI=1S/C25H47NO4/c1-4-7-9-11-13-15-19-23(20-16-14-12-10-8-5-2)30-25(28)26-21-17-18-22-29-24(27)6-3/h6,23H,3-5,7-22H2,1-2H3,(H,26,28). The molecule has 0 heterocycles. The lowest BCUT2D eigenvalue weighted by Gasteiger charge is -2.18. The second-order valence-corrected chi connectivity index (χ2v) is 8.15. The zero-order valence-electron chi connectivity index (χ0n) is 19.7. The average molecular weight is 426 g/mol. The molecule has 0 saturated heterocycles. The van der Waals surface area contributed by atoms with E-state index in [1.807, 2.05) is 0 Å². The normalized spacial score (nSPS) is 10.8. The summed E-state index contributed by atoms with van der Waals surface area (Å²) in [6.07, 6.45) is 19.3. The first kappa shape index (κ1) is 28.5. The van der Waals surface area contributed by atoms with E-state index in [1.165, 1.54) is 64.2 Å². The van der Waals surface area contributed by atoms with Gasteiger partial charge in [-0.1, -0.05) is 84.6 Å². The zero-order valence-corrected chi connectivity index (χ0v) is 19.7. The highest BCUT2D eigenvalue weighted by molar-refractivity contribution is 5.81. The molecule has 0 fully saturated rings. The first-order valence-corrected chi connectivity index (χ1v) is 12.4. The summed E-state index contributed by atoms with van der Waals surface area (Å²) in [5.74, 6) is -0.408. The second-order valence-electron chi connectivity index (χ2n) is 8.15. The van der Waals surface area contributed by atoms with E-state index >= 15 is 0 Å². The Balaban J connectivity index is 4.04. The number of amides is 1. The first-order valence-electron chi connectivity index (χ1n) is 12.4. The molecule has 0 saturated carbocycles. The summed E-state index contributed by atoms with van der Waals surface area (Å²) in [6, 6.07) is 0. The van der Waals surface area contributed by atoms with E-state index in [0.29, 0.717) is 19.6 Å². The Morgan fingerprint density at radius 1 is 0.800 bits per heavy atom. The van der Waals surface area contributed by atoms with Gasteiger partial charge in [-0.25, -0.2) is 9.59 Å². The van der Waals surface area contributed by atoms with E-state index in [-0.39, 0.29) is 12.2 Å². The number of carbonyl (C=O) groups excluding carboxylic acids is 2. The van der Waals surface area contributed by atoms with Crippen LogP contribution in [-0.2, 0) is 14.3 Å². The fraction of sp³-hybridized carbons (Fsp3) is 0.840. The van der Waals surface area contributed by atoms with Crippen LogP contribution in [0.1, 0.15) is 117 Å². The minimum Gasteiger partial charge on any atom is -0.463 e. The van der Waals surface area contributed by atoms with Gasteiger partial charge in [-0.05, 0) is 38.5 Å². The molecule has 1 N–H and O–H groups in total. The predicted octanol–water partition coefficient (Wildman–Crippen LogP) is 7.09. The SMILES string of the molecule is C=CC(=O)OCCCCNC(=O)OC(CCCCCCCC)CCCCCCCC. The summed E-state index contributed by atoms with van der Waals surface area (Å²) < 4.78 is 10.6. The second kappa shape index (κ2) is 22.2. The van der Waals surface area contributed by atoms with Crippen molar-refractivity contribution in [2.45, 2.75) is 123 Å². The Kier molecular flexibility index (Phi) is 21.0. The number of ether oxygens (including phenoxy) is 2. The molecule has 0 rings (SSSR count). The van der Waals surface area contributed by atoms with Crippen LogP contribution in [0.5, 0.6) is 0 Å². The van der Waals surface area contributed by atoms with Gasteiger partial charge in [0.15, 0.2) is 0 Å².